The number of furan rings is 1. The summed E-state index contributed by atoms with van der Waals surface area (Å²) in [5.41, 5.74) is 1.27. The predicted octanol–water partition coefficient (Wildman–Crippen LogP) is 3.62. The molecule has 0 unspecified atom stereocenters. The minimum atomic E-state index is -0.135. The quantitative estimate of drug-likeness (QED) is 0.598. The molecule has 1 N–H and O–H groups in total. The smallest absolute Gasteiger partial charge is 0.251 e. The number of carbonyl (C=O) groups excluding carboxylic acids is 2. The van der Waals surface area contributed by atoms with E-state index in [1.807, 2.05) is 46.1 Å². The summed E-state index contributed by atoms with van der Waals surface area (Å²) in [4.78, 5) is 28.2. The molecule has 7 heteroatoms. The number of nitrogens with one attached hydrogen (secondary N) is 1. The topological polar surface area (TPSA) is 65.8 Å². The lowest BCUT2D eigenvalue weighted by atomic mass is 10.1. The van der Waals surface area contributed by atoms with Crippen molar-refractivity contribution in [1.82, 2.24) is 10.2 Å². The van der Waals surface area contributed by atoms with Crippen LogP contribution in [0.1, 0.15) is 35.7 Å². The lowest BCUT2D eigenvalue weighted by Crippen LogP contribution is -2.31. The summed E-state index contributed by atoms with van der Waals surface area (Å²) in [6.07, 6.45) is 0. The van der Waals surface area contributed by atoms with Gasteiger partial charge in [0.15, 0.2) is 0 Å². The Labute approximate surface area is 177 Å². The summed E-state index contributed by atoms with van der Waals surface area (Å²) in [5.74, 6) is 3.27. The average Bonchev–Trinajstić information content (AvgIpc) is 3.12. The minimum absolute atomic E-state index is 0.0191. The van der Waals surface area contributed by atoms with Gasteiger partial charge in [0, 0.05) is 36.5 Å². The Morgan fingerprint density at radius 2 is 1.83 bits per heavy atom. The highest BCUT2D eigenvalue weighted by atomic mass is 32.2. The standard InChI is InChI=1S/C22H31N3O3S/c1-16(2)22(27)25(5)18-8-6-7-17(13-18)21(26)23-11-12-29-15-20-10-9-19(28-20)14-24(3)4/h6-10,13,16H,11-12,14-15H2,1-5H3,(H,23,26). The van der Waals surface area contributed by atoms with Crippen LogP contribution in [0.25, 0.3) is 0 Å². The highest BCUT2D eigenvalue weighted by Crippen LogP contribution is 2.18. The largest absolute Gasteiger partial charge is 0.464 e. The van der Waals surface area contributed by atoms with E-state index >= 15 is 0 Å². The van der Waals surface area contributed by atoms with Crippen molar-refractivity contribution in [3.8, 4) is 0 Å². The molecule has 2 rings (SSSR count). The van der Waals surface area contributed by atoms with Gasteiger partial charge in [-0.25, -0.2) is 0 Å². The number of amides is 2. The molecule has 0 aliphatic rings. The van der Waals surface area contributed by atoms with E-state index < -0.39 is 0 Å². The summed E-state index contributed by atoms with van der Waals surface area (Å²) in [5, 5.41) is 2.93. The zero-order valence-electron chi connectivity index (χ0n) is 17.9. The second-order valence-corrected chi connectivity index (χ2v) is 8.62. The van der Waals surface area contributed by atoms with Gasteiger partial charge in [-0.05, 0) is 44.4 Å². The molecule has 2 amide bonds. The summed E-state index contributed by atoms with van der Waals surface area (Å²) in [7, 11) is 5.75. The van der Waals surface area contributed by atoms with Gasteiger partial charge < -0.3 is 19.5 Å². The second-order valence-electron chi connectivity index (χ2n) is 7.52. The molecular formula is C22H31N3O3S. The Hall–Kier alpha value is -2.25. The Kier molecular flexibility index (Phi) is 8.79. The monoisotopic (exact) mass is 417 g/mol. The normalized spacial score (nSPS) is 11.1. The van der Waals surface area contributed by atoms with E-state index in [1.165, 1.54) is 0 Å². The fourth-order valence-corrected chi connectivity index (χ4v) is 3.53. The molecular weight excluding hydrogens is 386 g/mol. The first-order chi connectivity index (χ1) is 13.8. The summed E-state index contributed by atoms with van der Waals surface area (Å²) in [6.45, 7) is 5.08. The van der Waals surface area contributed by atoms with E-state index in [0.717, 1.165) is 35.3 Å². The number of thioether (sulfide) groups is 1. The number of carbonyl (C=O) groups is 2. The highest BCUT2D eigenvalue weighted by molar-refractivity contribution is 7.98. The van der Waals surface area contributed by atoms with Gasteiger partial charge in [0.05, 0.1) is 12.3 Å². The maximum atomic E-state index is 12.4. The molecule has 0 saturated carbocycles. The summed E-state index contributed by atoms with van der Waals surface area (Å²) in [6, 6.07) is 11.1. The van der Waals surface area contributed by atoms with Crippen LogP contribution >= 0.6 is 11.8 Å². The van der Waals surface area contributed by atoms with Crippen LogP contribution in [0.4, 0.5) is 5.69 Å². The van der Waals surface area contributed by atoms with Crippen LogP contribution in [0.15, 0.2) is 40.8 Å². The van der Waals surface area contributed by atoms with E-state index in [-0.39, 0.29) is 17.7 Å². The van der Waals surface area contributed by atoms with Crippen molar-refractivity contribution in [2.24, 2.45) is 5.92 Å². The minimum Gasteiger partial charge on any atom is -0.464 e. The third kappa shape index (κ3) is 7.25. The molecule has 0 aliphatic heterocycles. The number of rotatable bonds is 10. The van der Waals surface area contributed by atoms with Gasteiger partial charge in [-0.15, -0.1) is 0 Å². The molecule has 0 saturated heterocycles. The van der Waals surface area contributed by atoms with Crippen molar-refractivity contribution in [3.63, 3.8) is 0 Å². The van der Waals surface area contributed by atoms with Crippen LogP contribution in [0, 0.1) is 5.92 Å². The molecule has 0 bridgehead atoms. The van der Waals surface area contributed by atoms with E-state index in [4.69, 9.17) is 4.42 Å². The molecule has 0 fully saturated rings. The van der Waals surface area contributed by atoms with Crippen LogP contribution in [-0.2, 0) is 17.1 Å². The zero-order chi connectivity index (χ0) is 21.4. The second kappa shape index (κ2) is 11.1. The molecule has 0 aliphatic carbocycles. The maximum Gasteiger partial charge on any atom is 0.251 e. The number of anilines is 1. The molecule has 1 heterocycles. The molecule has 6 nitrogen and oxygen atoms in total. The number of nitrogens with zero attached hydrogens (tertiary/aromatic N) is 2. The first kappa shape index (κ1) is 23.0. The first-order valence-corrected chi connectivity index (χ1v) is 10.9. The van der Waals surface area contributed by atoms with Crippen LogP contribution in [0.3, 0.4) is 0 Å². The van der Waals surface area contributed by atoms with Crippen molar-refractivity contribution < 1.29 is 14.0 Å². The van der Waals surface area contributed by atoms with Crippen molar-refractivity contribution in [3.05, 3.63) is 53.5 Å². The summed E-state index contributed by atoms with van der Waals surface area (Å²) >= 11 is 1.72. The SMILES string of the molecule is CC(C)C(=O)N(C)c1cccc(C(=O)NCCSCc2ccc(CN(C)C)o2)c1. The molecule has 0 atom stereocenters. The number of benzene rings is 1. The third-order valence-corrected chi connectivity index (χ3v) is 5.27. The van der Waals surface area contributed by atoms with Crippen LogP contribution in [0.5, 0.6) is 0 Å². The van der Waals surface area contributed by atoms with E-state index in [9.17, 15) is 9.59 Å². The average molecular weight is 418 g/mol. The van der Waals surface area contributed by atoms with Gasteiger partial charge in [-0.1, -0.05) is 19.9 Å². The van der Waals surface area contributed by atoms with E-state index in [1.54, 1.807) is 41.9 Å². The predicted molar refractivity (Wildman–Crippen MR) is 119 cm³/mol. The van der Waals surface area contributed by atoms with Gasteiger partial charge in [0.1, 0.15) is 11.5 Å². The fraction of sp³-hybridized carbons (Fsp3) is 0.455. The lowest BCUT2D eigenvalue weighted by Gasteiger charge is -2.20. The molecule has 1 aromatic carbocycles. The van der Waals surface area contributed by atoms with Crippen molar-refractivity contribution in [2.45, 2.75) is 26.1 Å². The molecule has 2 aromatic rings. The molecule has 29 heavy (non-hydrogen) atoms. The lowest BCUT2D eigenvalue weighted by molar-refractivity contribution is -0.121. The highest BCUT2D eigenvalue weighted by Gasteiger charge is 2.16. The fourth-order valence-electron chi connectivity index (χ4n) is 2.78. The van der Waals surface area contributed by atoms with Crippen LogP contribution in [0.2, 0.25) is 0 Å². The Balaban J connectivity index is 1.77. The van der Waals surface area contributed by atoms with E-state index in [0.29, 0.717) is 12.1 Å². The zero-order valence-corrected chi connectivity index (χ0v) is 18.7. The van der Waals surface area contributed by atoms with Crippen molar-refractivity contribution >= 4 is 29.3 Å². The van der Waals surface area contributed by atoms with Crippen LogP contribution < -0.4 is 10.2 Å². The molecule has 0 radical (unpaired) electrons. The van der Waals surface area contributed by atoms with Crippen molar-refractivity contribution in [2.75, 3.05) is 38.3 Å². The van der Waals surface area contributed by atoms with Gasteiger partial charge in [-0.3, -0.25) is 9.59 Å². The van der Waals surface area contributed by atoms with Crippen molar-refractivity contribution in [1.29, 1.82) is 0 Å². The molecule has 0 spiro atoms. The van der Waals surface area contributed by atoms with Gasteiger partial charge in [0.2, 0.25) is 5.91 Å². The van der Waals surface area contributed by atoms with Gasteiger partial charge in [0.25, 0.3) is 5.91 Å². The first-order valence-electron chi connectivity index (χ1n) is 9.74. The number of hydrogen-bond acceptors (Lipinski definition) is 5. The van der Waals surface area contributed by atoms with E-state index in [2.05, 4.69) is 10.2 Å². The van der Waals surface area contributed by atoms with Crippen LogP contribution in [-0.4, -0.2) is 50.2 Å². The maximum absolute atomic E-state index is 12.4. The Morgan fingerprint density at radius 3 is 2.52 bits per heavy atom. The van der Waals surface area contributed by atoms with Gasteiger partial charge in [-0.2, -0.15) is 11.8 Å². The third-order valence-electron chi connectivity index (χ3n) is 4.29. The Bertz CT molecular complexity index is 817. The number of hydrogen-bond donors (Lipinski definition) is 1. The Morgan fingerprint density at radius 1 is 1.10 bits per heavy atom. The molecule has 1 aromatic heterocycles. The molecule has 158 valence electrons. The van der Waals surface area contributed by atoms with Gasteiger partial charge >= 0.3 is 0 Å². The summed E-state index contributed by atoms with van der Waals surface area (Å²) < 4.78 is 5.78.